The molecule has 6 aliphatic carbocycles. The van der Waals surface area contributed by atoms with Crippen LogP contribution < -0.4 is 0 Å². The number of nitrogens with zero attached hydrogens (tertiary/aromatic N) is 1. The molecule has 1 heteroatoms. The SMILES string of the molecule is C.C1=CCc2ccccc2C1.C1=Cc2cccc3cccc1c23.C1=Cc2ccccc2C1.C1=Cc2ccccc2CC1.CC.CC.CC.CC.CC.CC.CC.CC.CC.Cn1c2ccccc2c2ccccc21.c1ccc2c(c1)CCC2.c1ccc2cc3c(cc2c1)CCCC3. The average Bonchev–Trinajstić information content (AvgIpc) is 1.52. The van der Waals surface area contributed by atoms with Crippen LogP contribution in [-0.2, 0) is 58.4 Å². The number of rotatable bonds is 0. The first-order chi connectivity index (χ1) is 47.6. The van der Waals surface area contributed by atoms with Crippen molar-refractivity contribution in [2.45, 2.75) is 209 Å². The predicted octanol–water partition coefficient (Wildman–Crippen LogP) is 29.7. The maximum Gasteiger partial charge on any atom is 0.0488 e. The summed E-state index contributed by atoms with van der Waals surface area (Å²) in [7, 11) is 2.12. The zero-order valence-electron chi connectivity index (χ0n) is 63.3. The summed E-state index contributed by atoms with van der Waals surface area (Å²) in [6.45, 7) is 36.0. The van der Waals surface area contributed by atoms with Gasteiger partial charge in [0.25, 0.3) is 0 Å². The first kappa shape index (κ1) is 86.5. The molecule has 0 unspecified atom stereocenters. The summed E-state index contributed by atoms with van der Waals surface area (Å²) >= 11 is 0. The zero-order chi connectivity index (χ0) is 70.7. The van der Waals surface area contributed by atoms with Gasteiger partial charge in [-0.25, -0.2) is 0 Å². The molecular formula is C96H129N. The molecule has 1 nitrogen and oxygen atoms in total. The van der Waals surface area contributed by atoms with Crippen molar-refractivity contribution in [3.8, 4) is 0 Å². The zero-order valence-corrected chi connectivity index (χ0v) is 63.3. The Labute approximate surface area is 594 Å². The van der Waals surface area contributed by atoms with Crippen LogP contribution in [0.3, 0.4) is 0 Å². The molecule has 11 aromatic rings. The van der Waals surface area contributed by atoms with Crippen LogP contribution in [0.25, 0.3) is 67.7 Å². The Morgan fingerprint density at radius 3 is 1.02 bits per heavy atom. The molecule has 0 amide bonds. The van der Waals surface area contributed by atoms with Crippen molar-refractivity contribution in [1.29, 1.82) is 0 Å². The normalized spacial score (nSPS) is 11.7. The Bertz CT molecular complexity index is 3750. The Kier molecular flexibility index (Phi) is 47.8. The number of aromatic nitrogens is 1. The lowest BCUT2D eigenvalue weighted by Crippen LogP contribution is -2.01. The van der Waals surface area contributed by atoms with E-state index in [4.69, 9.17) is 0 Å². The van der Waals surface area contributed by atoms with Crippen LogP contribution in [0.1, 0.15) is 224 Å². The van der Waals surface area contributed by atoms with Gasteiger partial charge in [-0.15, -0.1) is 0 Å². The quantitative estimate of drug-likeness (QED) is 0.133. The minimum Gasteiger partial charge on any atom is -0.344 e. The van der Waals surface area contributed by atoms with E-state index < -0.39 is 0 Å². The van der Waals surface area contributed by atoms with Crippen molar-refractivity contribution >= 4 is 67.7 Å². The number of fused-ring (bicyclic) bond motifs is 9. The average molecular weight is 1300 g/mol. The summed E-state index contributed by atoms with van der Waals surface area (Å²) in [4.78, 5) is 0. The minimum absolute atomic E-state index is 0. The summed E-state index contributed by atoms with van der Waals surface area (Å²) in [5.74, 6) is 0. The van der Waals surface area contributed by atoms with Crippen molar-refractivity contribution in [2.24, 2.45) is 7.05 Å². The molecule has 0 spiro atoms. The minimum atomic E-state index is 0. The fraction of sp³-hybridized carbons (Fsp3) is 0.333. The van der Waals surface area contributed by atoms with Gasteiger partial charge in [0.2, 0.25) is 0 Å². The number of hydrogen-bond acceptors (Lipinski definition) is 0. The Hall–Kier alpha value is -8.52. The van der Waals surface area contributed by atoms with Crippen LogP contribution in [0, 0.1) is 0 Å². The van der Waals surface area contributed by atoms with Gasteiger partial charge in [-0.05, 0) is 177 Å². The maximum absolute atomic E-state index is 2.38. The fourth-order valence-corrected chi connectivity index (χ4v) is 11.9. The smallest absolute Gasteiger partial charge is 0.0488 e. The second-order valence-corrected chi connectivity index (χ2v) is 21.1. The first-order valence-electron chi connectivity index (χ1n) is 37.5. The van der Waals surface area contributed by atoms with E-state index in [9.17, 15) is 0 Å². The Morgan fingerprint density at radius 2 is 0.577 bits per heavy atom. The van der Waals surface area contributed by atoms with Gasteiger partial charge >= 0.3 is 0 Å². The molecule has 6 aliphatic rings. The molecule has 518 valence electrons. The lowest BCUT2D eigenvalue weighted by Gasteiger charge is -2.16. The van der Waals surface area contributed by atoms with E-state index in [0.717, 1.165) is 19.3 Å². The van der Waals surface area contributed by atoms with Crippen LogP contribution in [0.15, 0.2) is 243 Å². The summed E-state index contributed by atoms with van der Waals surface area (Å²) in [5, 5.41) is 8.22. The van der Waals surface area contributed by atoms with Gasteiger partial charge in [0.1, 0.15) is 0 Å². The van der Waals surface area contributed by atoms with Crippen LogP contribution in [-0.4, -0.2) is 4.57 Å². The van der Waals surface area contributed by atoms with E-state index in [0.29, 0.717) is 0 Å². The molecule has 1 aromatic heterocycles. The number of allylic oxidation sites excluding steroid dienone is 4. The molecule has 97 heavy (non-hydrogen) atoms. The lowest BCUT2D eigenvalue weighted by atomic mass is 9.89. The van der Waals surface area contributed by atoms with Crippen molar-refractivity contribution in [3.05, 3.63) is 309 Å². The monoisotopic (exact) mass is 1300 g/mol. The lowest BCUT2D eigenvalue weighted by molar-refractivity contribution is 0.687. The molecule has 1 heterocycles. The van der Waals surface area contributed by atoms with Gasteiger partial charge < -0.3 is 4.57 Å². The van der Waals surface area contributed by atoms with E-state index in [-0.39, 0.29) is 7.43 Å². The molecule has 0 radical (unpaired) electrons. The van der Waals surface area contributed by atoms with E-state index in [1.807, 2.05) is 125 Å². The molecule has 0 atom stereocenters. The van der Waals surface area contributed by atoms with Gasteiger partial charge in [0.05, 0.1) is 0 Å². The number of aryl methyl sites for hydroxylation is 6. The van der Waals surface area contributed by atoms with E-state index >= 15 is 0 Å². The van der Waals surface area contributed by atoms with Crippen LogP contribution >= 0.6 is 0 Å². The van der Waals surface area contributed by atoms with Gasteiger partial charge in [-0.1, -0.05) is 387 Å². The third-order valence-corrected chi connectivity index (χ3v) is 16.0. The van der Waals surface area contributed by atoms with Gasteiger partial charge in [-0.2, -0.15) is 0 Å². The molecule has 0 fully saturated rings. The molecule has 0 aliphatic heterocycles. The van der Waals surface area contributed by atoms with Crippen LogP contribution in [0.4, 0.5) is 0 Å². The van der Waals surface area contributed by atoms with Crippen molar-refractivity contribution in [3.63, 3.8) is 0 Å². The topological polar surface area (TPSA) is 4.93 Å². The summed E-state index contributed by atoms with van der Waals surface area (Å²) in [5.41, 5.74) is 20.3. The highest BCUT2D eigenvalue weighted by Crippen LogP contribution is 2.31. The maximum atomic E-state index is 2.38. The van der Waals surface area contributed by atoms with E-state index in [1.54, 1.807) is 22.3 Å². The molecule has 0 N–H and O–H groups in total. The van der Waals surface area contributed by atoms with Crippen molar-refractivity contribution in [2.75, 3.05) is 0 Å². The summed E-state index contributed by atoms with van der Waals surface area (Å²) < 4.78 is 2.24. The van der Waals surface area contributed by atoms with E-state index in [2.05, 4.69) is 279 Å². The number of para-hydroxylation sites is 2. The van der Waals surface area contributed by atoms with Gasteiger partial charge in [-0.3, -0.25) is 0 Å². The molecule has 0 bridgehead atoms. The standard InChI is InChI=1S/C14H14.C13H11N.C12H8.2C10H10.C9H10.C9H8.9C2H6.CH4/c1-2-6-12-10-14-8-4-3-7-13(14)9-11(12)5-1;1-14-12-8-4-2-6-10(12)11-7-3-5-9-13(11)14;1-3-9-4-2-6-11-8-7-10(5-1)12(9)11;2*1-2-6-10-8-4-3-7-9(10)5-1;2*1-2-5-9-7-3-6-8(9)4-1;9*1-2;/h1-2,5-6,9-10H,3-4,7-8H2;2-9H,1H3;1-8H;1-3,5-7H,4,8H2;1-6H,7-8H2;1-2,4-5H,3,6-7H2;1-6H,7H2;9*1-2H3;1H4. The van der Waals surface area contributed by atoms with Gasteiger partial charge in [0, 0.05) is 28.9 Å². The Balaban J connectivity index is 0.000000546. The highest BCUT2D eigenvalue weighted by molar-refractivity contribution is 6.08. The highest BCUT2D eigenvalue weighted by Gasteiger charge is 2.11. The number of benzene rings is 10. The van der Waals surface area contributed by atoms with Crippen molar-refractivity contribution in [1.82, 2.24) is 4.57 Å². The molecule has 0 saturated carbocycles. The second kappa shape index (κ2) is 53.6. The van der Waals surface area contributed by atoms with Crippen LogP contribution in [0.2, 0.25) is 0 Å². The Morgan fingerprint density at radius 1 is 0.247 bits per heavy atom. The van der Waals surface area contributed by atoms with E-state index in [1.165, 1.54) is 146 Å². The van der Waals surface area contributed by atoms with Crippen molar-refractivity contribution < 1.29 is 0 Å². The highest BCUT2D eigenvalue weighted by atomic mass is 14.9. The molecule has 17 rings (SSSR count). The summed E-state index contributed by atoms with van der Waals surface area (Å²) in [6.07, 6.45) is 32.7. The third-order valence-electron chi connectivity index (χ3n) is 16.0. The third kappa shape index (κ3) is 26.8. The molecular weight excluding hydrogens is 1170 g/mol. The molecule has 10 aromatic carbocycles. The fourth-order valence-electron chi connectivity index (χ4n) is 11.9. The predicted molar refractivity (Wildman–Crippen MR) is 447 cm³/mol. The van der Waals surface area contributed by atoms with Gasteiger partial charge in [0.15, 0.2) is 0 Å². The second-order valence-electron chi connectivity index (χ2n) is 21.1. The number of hydrogen-bond donors (Lipinski definition) is 0. The first-order valence-corrected chi connectivity index (χ1v) is 37.5. The molecule has 0 saturated heterocycles. The van der Waals surface area contributed by atoms with Crippen LogP contribution in [0.5, 0.6) is 0 Å². The summed E-state index contributed by atoms with van der Waals surface area (Å²) in [6, 6.07) is 77.8. The largest absolute Gasteiger partial charge is 0.344 e.